The predicted molar refractivity (Wildman–Crippen MR) is 101 cm³/mol. The molecular formula is C23H18O. The van der Waals surface area contributed by atoms with E-state index in [-0.39, 0.29) is 0 Å². The van der Waals surface area contributed by atoms with Crippen molar-refractivity contribution in [3.63, 3.8) is 0 Å². The maximum Gasteiger partial charge on any atom is 0.119 e. The molecule has 4 rings (SSSR count). The molecule has 4 aromatic carbocycles. The van der Waals surface area contributed by atoms with Gasteiger partial charge in [0.25, 0.3) is 0 Å². The largest absolute Gasteiger partial charge is 0.497 e. The van der Waals surface area contributed by atoms with Crippen LogP contribution < -0.4 is 4.74 Å². The number of hydrogen-bond acceptors (Lipinski definition) is 1. The molecule has 0 saturated heterocycles. The average molecular weight is 310 g/mol. The molecule has 0 aliphatic rings. The van der Waals surface area contributed by atoms with Gasteiger partial charge in [0.1, 0.15) is 5.75 Å². The molecule has 4 aromatic rings. The molecule has 0 bridgehead atoms. The van der Waals surface area contributed by atoms with E-state index in [0.717, 1.165) is 5.75 Å². The van der Waals surface area contributed by atoms with E-state index in [1.54, 1.807) is 7.11 Å². The number of rotatable bonds is 3. The van der Waals surface area contributed by atoms with Gasteiger partial charge in [-0.1, -0.05) is 72.8 Å². The van der Waals surface area contributed by atoms with Crippen LogP contribution in [0, 0.1) is 0 Å². The van der Waals surface area contributed by atoms with Crippen molar-refractivity contribution in [2.75, 3.05) is 7.11 Å². The first kappa shape index (κ1) is 14.5. The van der Waals surface area contributed by atoms with Gasteiger partial charge in [0.2, 0.25) is 0 Å². The van der Waals surface area contributed by atoms with Crippen LogP contribution in [-0.4, -0.2) is 7.11 Å². The topological polar surface area (TPSA) is 9.23 Å². The second-order valence-electron chi connectivity index (χ2n) is 5.87. The third kappa shape index (κ3) is 2.77. The van der Waals surface area contributed by atoms with E-state index < -0.39 is 0 Å². The van der Waals surface area contributed by atoms with Crippen molar-refractivity contribution in [2.45, 2.75) is 0 Å². The molecule has 0 aliphatic heterocycles. The molecule has 0 aromatic heterocycles. The highest BCUT2D eigenvalue weighted by Gasteiger charge is 2.02. The van der Waals surface area contributed by atoms with E-state index in [9.17, 15) is 0 Å². The lowest BCUT2D eigenvalue weighted by atomic mass is 9.98. The van der Waals surface area contributed by atoms with E-state index >= 15 is 0 Å². The highest BCUT2D eigenvalue weighted by molar-refractivity contribution is 5.88. The molecule has 1 nitrogen and oxygen atoms in total. The molecule has 0 heterocycles. The Kier molecular flexibility index (Phi) is 3.76. The summed E-state index contributed by atoms with van der Waals surface area (Å²) in [4.78, 5) is 0. The smallest absolute Gasteiger partial charge is 0.119 e. The maximum atomic E-state index is 5.29. The van der Waals surface area contributed by atoms with Gasteiger partial charge in [-0.15, -0.1) is 0 Å². The van der Waals surface area contributed by atoms with E-state index in [0.29, 0.717) is 0 Å². The van der Waals surface area contributed by atoms with Gasteiger partial charge < -0.3 is 4.74 Å². The molecule has 0 atom stereocenters. The van der Waals surface area contributed by atoms with Crippen LogP contribution in [0.5, 0.6) is 5.75 Å². The van der Waals surface area contributed by atoms with E-state index in [1.807, 2.05) is 12.1 Å². The van der Waals surface area contributed by atoms with Crippen molar-refractivity contribution < 1.29 is 4.74 Å². The summed E-state index contributed by atoms with van der Waals surface area (Å²) >= 11 is 0. The van der Waals surface area contributed by atoms with Crippen LogP contribution in [0.15, 0.2) is 91.0 Å². The summed E-state index contributed by atoms with van der Waals surface area (Å²) in [5, 5.41) is 2.42. The second kappa shape index (κ2) is 6.21. The zero-order valence-electron chi connectivity index (χ0n) is 13.6. The second-order valence-corrected chi connectivity index (χ2v) is 5.87. The molecular weight excluding hydrogens is 292 g/mol. The van der Waals surface area contributed by atoms with Gasteiger partial charge in [-0.25, -0.2) is 0 Å². The number of benzene rings is 4. The molecule has 0 spiro atoms. The molecule has 0 radical (unpaired) electrons. The molecule has 24 heavy (non-hydrogen) atoms. The van der Waals surface area contributed by atoms with Crippen molar-refractivity contribution in [2.24, 2.45) is 0 Å². The van der Waals surface area contributed by atoms with Gasteiger partial charge in [0.05, 0.1) is 7.11 Å². The lowest BCUT2D eigenvalue weighted by molar-refractivity contribution is 0.415. The van der Waals surface area contributed by atoms with Gasteiger partial charge in [0.15, 0.2) is 0 Å². The maximum absolute atomic E-state index is 5.29. The first-order valence-corrected chi connectivity index (χ1v) is 8.07. The Morgan fingerprint density at radius 1 is 0.500 bits per heavy atom. The Morgan fingerprint density at radius 3 is 1.75 bits per heavy atom. The molecule has 0 unspecified atom stereocenters. The molecule has 0 N–H and O–H groups in total. The van der Waals surface area contributed by atoms with Gasteiger partial charge in [-0.05, 0) is 51.2 Å². The van der Waals surface area contributed by atoms with Crippen LogP contribution >= 0.6 is 0 Å². The van der Waals surface area contributed by atoms with E-state index in [4.69, 9.17) is 4.74 Å². The lowest BCUT2D eigenvalue weighted by Gasteiger charge is -2.07. The van der Waals surface area contributed by atoms with Crippen molar-refractivity contribution in [1.82, 2.24) is 0 Å². The van der Waals surface area contributed by atoms with Crippen LogP contribution in [0.4, 0.5) is 0 Å². The highest BCUT2D eigenvalue weighted by Crippen LogP contribution is 2.28. The lowest BCUT2D eigenvalue weighted by Crippen LogP contribution is -1.84. The zero-order chi connectivity index (χ0) is 16.4. The Labute approximate surface area is 142 Å². The highest BCUT2D eigenvalue weighted by atomic mass is 16.5. The zero-order valence-corrected chi connectivity index (χ0v) is 13.6. The van der Waals surface area contributed by atoms with Crippen molar-refractivity contribution >= 4 is 10.8 Å². The van der Waals surface area contributed by atoms with Gasteiger partial charge >= 0.3 is 0 Å². The van der Waals surface area contributed by atoms with Gasteiger partial charge in [0, 0.05) is 0 Å². The minimum absolute atomic E-state index is 0.891. The fraction of sp³-hybridized carbons (Fsp3) is 0.0435. The number of fused-ring (bicyclic) bond motifs is 1. The fourth-order valence-electron chi connectivity index (χ4n) is 3.02. The van der Waals surface area contributed by atoms with E-state index in [2.05, 4.69) is 78.9 Å². The summed E-state index contributed by atoms with van der Waals surface area (Å²) < 4.78 is 5.29. The third-order valence-electron chi connectivity index (χ3n) is 4.37. The summed E-state index contributed by atoms with van der Waals surface area (Å²) in [6.45, 7) is 0. The first-order chi connectivity index (χ1) is 11.8. The monoisotopic (exact) mass is 310 g/mol. The Hall–Kier alpha value is -3.06. The standard InChI is InChI=1S/C23H18O/c1-24-23-14-13-21-15-20(11-12-22(21)16-23)19-9-7-18(8-10-19)17-5-3-2-4-6-17/h2-16H,1H3. The summed E-state index contributed by atoms with van der Waals surface area (Å²) in [5.74, 6) is 0.891. The van der Waals surface area contributed by atoms with Crippen molar-refractivity contribution in [3.05, 3.63) is 91.0 Å². The molecule has 0 aliphatic carbocycles. The summed E-state index contributed by atoms with van der Waals surface area (Å²) in [6.07, 6.45) is 0. The molecule has 0 amide bonds. The molecule has 0 saturated carbocycles. The summed E-state index contributed by atoms with van der Waals surface area (Å²) in [5.41, 5.74) is 4.94. The number of methoxy groups -OCH3 is 1. The minimum atomic E-state index is 0.891. The quantitative estimate of drug-likeness (QED) is 0.439. The van der Waals surface area contributed by atoms with Crippen molar-refractivity contribution in [3.8, 4) is 28.0 Å². The normalized spacial score (nSPS) is 10.7. The van der Waals surface area contributed by atoms with Crippen LogP contribution in [0.1, 0.15) is 0 Å². The minimum Gasteiger partial charge on any atom is -0.497 e. The fourth-order valence-corrected chi connectivity index (χ4v) is 3.02. The Bertz CT molecular complexity index is 970. The van der Waals surface area contributed by atoms with Crippen LogP contribution in [-0.2, 0) is 0 Å². The third-order valence-corrected chi connectivity index (χ3v) is 4.37. The summed E-state index contributed by atoms with van der Waals surface area (Å²) in [6, 6.07) is 31.9. The predicted octanol–water partition coefficient (Wildman–Crippen LogP) is 6.18. The number of ether oxygens (including phenoxy) is 1. The van der Waals surface area contributed by atoms with Gasteiger partial charge in [-0.3, -0.25) is 0 Å². The Balaban J connectivity index is 1.69. The molecule has 0 fully saturated rings. The van der Waals surface area contributed by atoms with Crippen LogP contribution in [0.3, 0.4) is 0 Å². The van der Waals surface area contributed by atoms with Crippen molar-refractivity contribution in [1.29, 1.82) is 0 Å². The molecule has 116 valence electrons. The average Bonchev–Trinajstić information content (AvgIpc) is 2.68. The first-order valence-electron chi connectivity index (χ1n) is 8.07. The SMILES string of the molecule is COc1ccc2cc(-c3ccc(-c4ccccc4)cc3)ccc2c1. The molecule has 1 heteroatoms. The van der Waals surface area contributed by atoms with Crippen LogP contribution in [0.2, 0.25) is 0 Å². The van der Waals surface area contributed by atoms with Crippen LogP contribution in [0.25, 0.3) is 33.0 Å². The summed E-state index contributed by atoms with van der Waals surface area (Å²) in [7, 11) is 1.70. The van der Waals surface area contributed by atoms with E-state index in [1.165, 1.54) is 33.0 Å². The van der Waals surface area contributed by atoms with Gasteiger partial charge in [-0.2, -0.15) is 0 Å². The Morgan fingerprint density at radius 2 is 1.04 bits per heavy atom. The number of hydrogen-bond donors (Lipinski definition) is 0.